The number of halogens is 3. The van der Waals surface area contributed by atoms with E-state index in [0.717, 1.165) is 0 Å². The summed E-state index contributed by atoms with van der Waals surface area (Å²) in [5.74, 6) is -0.614. The predicted molar refractivity (Wildman–Crippen MR) is 66.7 cm³/mol. The van der Waals surface area contributed by atoms with Crippen molar-refractivity contribution in [2.75, 3.05) is 0 Å². The molecule has 1 heterocycles. The quantitative estimate of drug-likeness (QED) is 0.933. The summed E-state index contributed by atoms with van der Waals surface area (Å²) in [5, 5.41) is 9.60. The van der Waals surface area contributed by atoms with Crippen molar-refractivity contribution in [2.45, 2.75) is 6.61 Å². The summed E-state index contributed by atoms with van der Waals surface area (Å²) in [6, 6.07) is 5.90. The van der Waals surface area contributed by atoms with E-state index in [-0.39, 0.29) is 11.4 Å². The van der Waals surface area contributed by atoms with Gasteiger partial charge < -0.3 is 9.84 Å². The number of aromatic nitrogens is 1. The van der Waals surface area contributed by atoms with Crippen LogP contribution in [0.4, 0.5) is 4.39 Å². The highest BCUT2D eigenvalue weighted by Crippen LogP contribution is 2.30. The third kappa shape index (κ3) is 2.72. The van der Waals surface area contributed by atoms with Crippen molar-refractivity contribution in [1.82, 2.24) is 4.98 Å². The SMILES string of the molecule is OCc1ccnc(Oc2ccc(Cl)c(Cl)c2)c1F. The van der Waals surface area contributed by atoms with Crippen molar-refractivity contribution in [3.8, 4) is 11.6 Å². The molecule has 2 rings (SSSR count). The van der Waals surface area contributed by atoms with E-state index < -0.39 is 12.4 Å². The largest absolute Gasteiger partial charge is 0.436 e. The fraction of sp³-hybridized carbons (Fsp3) is 0.0833. The average molecular weight is 288 g/mol. The number of hydrogen-bond acceptors (Lipinski definition) is 3. The maximum Gasteiger partial charge on any atom is 0.256 e. The van der Waals surface area contributed by atoms with Gasteiger partial charge in [0.25, 0.3) is 5.88 Å². The maximum atomic E-state index is 13.7. The van der Waals surface area contributed by atoms with Crippen LogP contribution in [-0.2, 0) is 6.61 Å². The van der Waals surface area contributed by atoms with Crippen molar-refractivity contribution in [3.63, 3.8) is 0 Å². The van der Waals surface area contributed by atoms with Crippen LogP contribution in [0, 0.1) is 5.82 Å². The Morgan fingerprint density at radius 3 is 2.67 bits per heavy atom. The van der Waals surface area contributed by atoms with Crippen LogP contribution in [0.5, 0.6) is 11.6 Å². The van der Waals surface area contributed by atoms with Crippen LogP contribution in [0.15, 0.2) is 30.5 Å². The Bertz CT molecular complexity index is 578. The minimum absolute atomic E-state index is 0.111. The van der Waals surface area contributed by atoms with E-state index in [1.807, 2.05) is 0 Å². The Balaban J connectivity index is 2.31. The molecule has 0 fully saturated rings. The fourth-order valence-electron chi connectivity index (χ4n) is 1.31. The molecule has 0 aliphatic carbocycles. The third-order valence-electron chi connectivity index (χ3n) is 2.21. The molecule has 94 valence electrons. The van der Waals surface area contributed by atoms with Crippen LogP contribution in [0.25, 0.3) is 0 Å². The molecule has 0 radical (unpaired) electrons. The molecule has 0 saturated heterocycles. The topological polar surface area (TPSA) is 42.4 Å². The molecule has 0 unspecified atom stereocenters. The zero-order valence-corrected chi connectivity index (χ0v) is 10.5. The lowest BCUT2D eigenvalue weighted by Gasteiger charge is -2.08. The first-order valence-corrected chi connectivity index (χ1v) is 5.74. The smallest absolute Gasteiger partial charge is 0.256 e. The second kappa shape index (κ2) is 5.52. The van der Waals surface area contributed by atoms with Crippen LogP contribution in [0.3, 0.4) is 0 Å². The van der Waals surface area contributed by atoms with Gasteiger partial charge in [-0.15, -0.1) is 0 Å². The molecule has 3 nitrogen and oxygen atoms in total. The van der Waals surface area contributed by atoms with E-state index in [1.54, 1.807) is 6.07 Å². The highest BCUT2D eigenvalue weighted by atomic mass is 35.5. The molecule has 1 aromatic carbocycles. The highest BCUT2D eigenvalue weighted by molar-refractivity contribution is 6.42. The van der Waals surface area contributed by atoms with Crippen LogP contribution in [0.2, 0.25) is 10.0 Å². The number of nitrogens with zero attached hydrogens (tertiary/aromatic N) is 1. The third-order valence-corrected chi connectivity index (χ3v) is 2.95. The summed E-state index contributed by atoms with van der Waals surface area (Å²) >= 11 is 11.6. The van der Waals surface area contributed by atoms with Crippen LogP contribution < -0.4 is 4.74 Å². The first-order chi connectivity index (χ1) is 8.61. The Hall–Kier alpha value is -1.36. The predicted octanol–water partition coefficient (Wildman–Crippen LogP) is 3.81. The highest BCUT2D eigenvalue weighted by Gasteiger charge is 2.11. The van der Waals surface area contributed by atoms with E-state index in [9.17, 15) is 4.39 Å². The summed E-state index contributed by atoms with van der Waals surface area (Å²) in [4.78, 5) is 3.75. The van der Waals surface area contributed by atoms with Gasteiger partial charge in [-0.1, -0.05) is 23.2 Å². The molecule has 1 aromatic heterocycles. The number of hydrogen-bond donors (Lipinski definition) is 1. The summed E-state index contributed by atoms with van der Waals surface area (Å²) in [7, 11) is 0. The molecular weight excluding hydrogens is 280 g/mol. The molecule has 2 aromatic rings. The van der Waals surface area contributed by atoms with Crippen LogP contribution in [0.1, 0.15) is 5.56 Å². The van der Waals surface area contributed by atoms with Crippen molar-refractivity contribution in [1.29, 1.82) is 0 Å². The summed E-state index contributed by atoms with van der Waals surface area (Å²) in [6.45, 7) is -0.425. The molecular formula is C12H8Cl2FNO2. The molecule has 0 amide bonds. The number of aliphatic hydroxyl groups is 1. The number of benzene rings is 1. The van der Waals surface area contributed by atoms with Gasteiger partial charge in [0.05, 0.1) is 16.7 Å². The number of aliphatic hydroxyl groups excluding tert-OH is 1. The summed E-state index contributed by atoms with van der Waals surface area (Å²) < 4.78 is 19.0. The van der Waals surface area contributed by atoms with Crippen molar-refractivity contribution >= 4 is 23.2 Å². The maximum absolute atomic E-state index is 13.7. The molecule has 1 N–H and O–H groups in total. The van der Waals surface area contributed by atoms with Crippen LogP contribution in [-0.4, -0.2) is 10.1 Å². The molecule has 0 saturated carbocycles. The molecule has 0 aliphatic rings. The molecule has 0 spiro atoms. The Labute approximate surface area is 113 Å². The van der Waals surface area contributed by atoms with Crippen molar-refractivity contribution < 1.29 is 14.2 Å². The lowest BCUT2D eigenvalue weighted by atomic mass is 10.2. The standard InChI is InChI=1S/C12H8Cl2FNO2/c13-9-2-1-8(5-10(9)14)18-12-11(15)7(6-17)3-4-16-12/h1-5,17H,6H2. The lowest BCUT2D eigenvalue weighted by molar-refractivity contribution is 0.273. The van der Waals surface area contributed by atoms with E-state index in [0.29, 0.717) is 15.8 Å². The minimum atomic E-state index is -0.703. The Morgan fingerprint density at radius 2 is 2.00 bits per heavy atom. The molecule has 0 atom stereocenters. The minimum Gasteiger partial charge on any atom is -0.436 e. The zero-order valence-electron chi connectivity index (χ0n) is 9.03. The van der Waals surface area contributed by atoms with Gasteiger partial charge in [-0.05, 0) is 18.2 Å². The molecule has 18 heavy (non-hydrogen) atoms. The van der Waals surface area contributed by atoms with Gasteiger partial charge in [-0.3, -0.25) is 0 Å². The van der Waals surface area contributed by atoms with E-state index >= 15 is 0 Å². The number of ether oxygens (including phenoxy) is 1. The van der Waals surface area contributed by atoms with E-state index in [2.05, 4.69) is 4.98 Å². The monoisotopic (exact) mass is 287 g/mol. The molecule has 0 aliphatic heterocycles. The van der Waals surface area contributed by atoms with Crippen LogP contribution >= 0.6 is 23.2 Å². The van der Waals surface area contributed by atoms with Gasteiger partial charge in [0, 0.05) is 17.8 Å². The fourth-order valence-corrected chi connectivity index (χ4v) is 1.60. The number of pyridine rings is 1. The van der Waals surface area contributed by atoms with E-state index in [4.69, 9.17) is 33.0 Å². The van der Waals surface area contributed by atoms with Gasteiger partial charge in [-0.2, -0.15) is 0 Å². The van der Waals surface area contributed by atoms with E-state index in [1.165, 1.54) is 24.4 Å². The first-order valence-electron chi connectivity index (χ1n) is 4.99. The van der Waals surface area contributed by atoms with Gasteiger partial charge in [0.15, 0.2) is 5.82 Å². The first kappa shape index (κ1) is 13.1. The van der Waals surface area contributed by atoms with Gasteiger partial charge in [0.1, 0.15) is 5.75 Å². The lowest BCUT2D eigenvalue weighted by Crippen LogP contribution is -1.97. The van der Waals surface area contributed by atoms with Gasteiger partial charge in [0.2, 0.25) is 0 Å². The number of rotatable bonds is 3. The average Bonchev–Trinajstić information content (AvgIpc) is 2.36. The Kier molecular flexibility index (Phi) is 4.01. The Morgan fingerprint density at radius 1 is 1.22 bits per heavy atom. The summed E-state index contributed by atoms with van der Waals surface area (Å²) in [5.41, 5.74) is 0.111. The summed E-state index contributed by atoms with van der Waals surface area (Å²) in [6.07, 6.45) is 1.35. The van der Waals surface area contributed by atoms with Gasteiger partial charge >= 0.3 is 0 Å². The second-order valence-corrected chi connectivity index (χ2v) is 4.24. The zero-order chi connectivity index (χ0) is 13.1. The molecule has 6 heteroatoms. The normalized spacial score (nSPS) is 10.4. The molecule has 0 bridgehead atoms. The van der Waals surface area contributed by atoms with Crippen molar-refractivity contribution in [3.05, 3.63) is 51.9 Å². The van der Waals surface area contributed by atoms with Crippen molar-refractivity contribution in [2.24, 2.45) is 0 Å². The second-order valence-electron chi connectivity index (χ2n) is 3.43. The van der Waals surface area contributed by atoms with Gasteiger partial charge in [-0.25, -0.2) is 9.37 Å².